The minimum Gasteiger partial charge on any atom is -0.497 e. The fraction of sp³-hybridized carbons (Fsp3) is 0.394. The highest BCUT2D eigenvalue weighted by molar-refractivity contribution is 6.32. The normalized spacial score (nSPS) is 10.6. The van der Waals surface area contributed by atoms with Crippen LogP contribution in [0.2, 0.25) is 5.02 Å². The molecular formula is C33H41ClN2O5. The summed E-state index contributed by atoms with van der Waals surface area (Å²) < 4.78 is 16.5. The van der Waals surface area contributed by atoms with Crippen molar-refractivity contribution in [3.8, 4) is 17.2 Å². The fourth-order valence-electron chi connectivity index (χ4n) is 4.74. The second-order valence-electron chi connectivity index (χ2n) is 9.80. The molecule has 0 spiro atoms. The number of ether oxygens (including phenoxy) is 3. The molecule has 3 rings (SSSR count). The second-order valence-corrected chi connectivity index (χ2v) is 10.2. The van der Waals surface area contributed by atoms with E-state index in [2.05, 4.69) is 10.6 Å². The van der Waals surface area contributed by atoms with Gasteiger partial charge in [0, 0.05) is 31.5 Å². The second kappa shape index (κ2) is 17.2. The van der Waals surface area contributed by atoms with E-state index in [1.165, 1.54) is 11.1 Å². The molecule has 2 N–H and O–H groups in total. The molecule has 0 heterocycles. The van der Waals surface area contributed by atoms with Crippen LogP contribution in [0.1, 0.15) is 47.9 Å². The molecule has 0 radical (unpaired) electrons. The van der Waals surface area contributed by atoms with Crippen LogP contribution in [0.15, 0.2) is 60.7 Å². The van der Waals surface area contributed by atoms with Gasteiger partial charge in [-0.15, -0.1) is 0 Å². The van der Waals surface area contributed by atoms with E-state index in [1.807, 2.05) is 60.7 Å². The summed E-state index contributed by atoms with van der Waals surface area (Å²) in [6, 6.07) is 20.0. The summed E-state index contributed by atoms with van der Waals surface area (Å²) in [5, 5.41) is 6.43. The van der Waals surface area contributed by atoms with E-state index < -0.39 is 0 Å². The Labute approximate surface area is 248 Å². The van der Waals surface area contributed by atoms with E-state index in [4.69, 9.17) is 25.8 Å². The van der Waals surface area contributed by atoms with Gasteiger partial charge in [-0.3, -0.25) is 9.59 Å². The third-order valence-electron chi connectivity index (χ3n) is 6.97. The first-order valence-electron chi connectivity index (χ1n) is 14.1. The first-order valence-corrected chi connectivity index (χ1v) is 14.5. The summed E-state index contributed by atoms with van der Waals surface area (Å²) in [5.74, 6) is 1.94. The van der Waals surface area contributed by atoms with Crippen LogP contribution in [-0.4, -0.2) is 46.2 Å². The Bertz CT molecular complexity index is 1250. The molecule has 7 nitrogen and oxygen atoms in total. The van der Waals surface area contributed by atoms with Gasteiger partial charge in [0.1, 0.15) is 5.75 Å². The van der Waals surface area contributed by atoms with Crippen molar-refractivity contribution in [2.75, 3.05) is 34.4 Å². The predicted octanol–water partition coefficient (Wildman–Crippen LogP) is 5.73. The summed E-state index contributed by atoms with van der Waals surface area (Å²) in [7, 11) is 4.84. The molecule has 0 aliphatic carbocycles. The number of hydrogen-bond donors (Lipinski definition) is 2. The van der Waals surface area contributed by atoms with Gasteiger partial charge in [-0.05, 0) is 73.4 Å². The van der Waals surface area contributed by atoms with Crippen molar-refractivity contribution in [2.45, 2.75) is 51.4 Å². The largest absolute Gasteiger partial charge is 0.497 e. The maximum absolute atomic E-state index is 12.5. The van der Waals surface area contributed by atoms with Crippen LogP contribution in [0, 0.1) is 0 Å². The molecule has 3 aromatic rings. The number of hydrogen-bond acceptors (Lipinski definition) is 5. The Balaban J connectivity index is 1.45. The number of benzene rings is 3. The molecule has 220 valence electrons. The van der Waals surface area contributed by atoms with Crippen LogP contribution in [0.5, 0.6) is 17.2 Å². The van der Waals surface area contributed by atoms with E-state index in [0.29, 0.717) is 61.7 Å². The highest BCUT2D eigenvalue weighted by Gasteiger charge is 2.19. The lowest BCUT2D eigenvalue weighted by Crippen LogP contribution is -2.26. The van der Waals surface area contributed by atoms with E-state index in [-0.39, 0.29) is 11.8 Å². The van der Waals surface area contributed by atoms with Crippen LogP contribution < -0.4 is 24.8 Å². The Morgan fingerprint density at radius 3 is 1.85 bits per heavy atom. The highest BCUT2D eigenvalue weighted by atomic mass is 35.5. The first-order chi connectivity index (χ1) is 19.9. The van der Waals surface area contributed by atoms with E-state index >= 15 is 0 Å². The van der Waals surface area contributed by atoms with Gasteiger partial charge in [-0.1, -0.05) is 54.1 Å². The van der Waals surface area contributed by atoms with E-state index in [9.17, 15) is 9.59 Å². The van der Waals surface area contributed by atoms with E-state index in [1.54, 1.807) is 21.3 Å². The van der Waals surface area contributed by atoms with Gasteiger partial charge in [0.2, 0.25) is 11.8 Å². The van der Waals surface area contributed by atoms with Gasteiger partial charge >= 0.3 is 0 Å². The van der Waals surface area contributed by atoms with Gasteiger partial charge in [0.25, 0.3) is 0 Å². The molecule has 0 saturated heterocycles. The third kappa shape index (κ3) is 10.3. The first kappa shape index (κ1) is 31.8. The maximum Gasteiger partial charge on any atom is 0.220 e. The highest BCUT2D eigenvalue weighted by Crippen LogP contribution is 2.41. The maximum atomic E-state index is 12.5. The average Bonchev–Trinajstić information content (AvgIpc) is 2.99. The standard InChI is InChI=1S/C33H41ClN2O5/c1-39-27-16-13-25(14-17-27)15-18-28-26(23-29(34)33(41-3)32(28)40-2)20-22-36-31(38)12-8-7-11-30(37)35-21-19-24-9-5-4-6-10-24/h4-6,9-10,13-14,16-17,23H,7-8,11-12,15,18-22H2,1-3H3,(H,35,37)(H,36,38). The molecule has 0 aromatic heterocycles. The molecule has 0 saturated carbocycles. The number of nitrogens with one attached hydrogen (secondary N) is 2. The molecule has 41 heavy (non-hydrogen) atoms. The number of unbranched alkanes of at least 4 members (excludes halogenated alkanes) is 1. The number of rotatable bonds is 17. The lowest BCUT2D eigenvalue weighted by molar-refractivity contribution is -0.123. The number of amides is 2. The number of carbonyl (C=O) groups is 2. The van der Waals surface area contributed by atoms with Crippen LogP contribution in [0.4, 0.5) is 0 Å². The number of methoxy groups -OCH3 is 3. The molecular weight excluding hydrogens is 540 g/mol. The minimum atomic E-state index is -0.0270. The lowest BCUT2D eigenvalue weighted by Gasteiger charge is -2.19. The number of halogens is 1. The zero-order chi connectivity index (χ0) is 29.5. The minimum absolute atomic E-state index is 0.0221. The summed E-state index contributed by atoms with van der Waals surface area (Å²) in [6.45, 7) is 1.09. The van der Waals surface area contributed by atoms with Crippen molar-refractivity contribution in [1.29, 1.82) is 0 Å². The Morgan fingerprint density at radius 2 is 1.27 bits per heavy atom. The van der Waals surface area contributed by atoms with Gasteiger partial charge in [-0.25, -0.2) is 0 Å². The van der Waals surface area contributed by atoms with Crippen LogP contribution >= 0.6 is 11.6 Å². The van der Waals surface area contributed by atoms with Crippen molar-refractivity contribution in [1.82, 2.24) is 10.6 Å². The molecule has 3 aromatic carbocycles. The van der Waals surface area contributed by atoms with Crippen LogP contribution in [0.3, 0.4) is 0 Å². The van der Waals surface area contributed by atoms with Crippen molar-refractivity contribution < 1.29 is 23.8 Å². The smallest absolute Gasteiger partial charge is 0.220 e. The van der Waals surface area contributed by atoms with Gasteiger partial charge in [0.05, 0.1) is 26.4 Å². The number of aryl methyl sites for hydroxylation is 1. The van der Waals surface area contributed by atoms with Crippen LogP contribution in [0.25, 0.3) is 0 Å². The Kier molecular flexibility index (Phi) is 13.3. The number of carbonyl (C=O) groups excluding carboxylic acids is 2. The lowest BCUT2D eigenvalue weighted by atomic mass is 9.96. The van der Waals surface area contributed by atoms with Crippen molar-refractivity contribution in [3.63, 3.8) is 0 Å². The molecule has 0 aliphatic heterocycles. The monoisotopic (exact) mass is 580 g/mol. The zero-order valence-corrected chi connectivity index (χ0v) is 25.0. The SMILES string of the molecule is COc1ccc(CCc2c(CCNC(=O)CCCCC(=O)NCCc3ccccc3)cc(Cl)c(OC)c2OC)cc1. The van der Waals surface area contributed by atoms with Crippen molar-refractivity contribution in [3.05, 3.63) is 87.9 Å². The topological polar surface area (TPSA) is 85.9 Å². The zero-order valence-electron chi connectivity index (χ0n) is 24.3. The summed E-state index contributed by atoms with van der Waals surface area (Å²) in [4.78, 5) is 24.5. The molecule has 0 bridgehead atoms. The molecule has 0 fully saturated rings. The summed E-state index contributed by atoms with van der Waals surface area (Å²) in [5.41, 5.74) is 4.39. The van der Waals surface area contributed by atoms with Gasteiger partial charge in [-0.2, -0.15) is 0 Å². The summed E-state index contributed by atoms with van der Waals surface area (Å²) in [6.07, 6.45) is 5.07. The predicted molar refractivity (Wildman–Crippen MR) is 163 cm³/mol. The fourth-order valence-corrected chi connectivity index (χ4v) is 5.03. The van der Waals surface area contributed by atoms with Crippen LogP contribution in [-0.2, 0) is 35.3 Å². The van der Waals surface area contributed by atoms with Gasteiger partial charge in [0.15, 0.2) is 11.5 Å². The summed E-state index contributed by atoms with van der Waals surface area (Å²) >= 11 is 6.51. The van der Waals surface area contributed by atoms with E-state index in [0.717, 1.165) is 36.1 Å². The molecule has 0 atom stereocenters. The molecule has 2 amide bonds. The molecule has 0 aliphatic rings. The van der Waals surface area contributed by atoms with Crippen molar-refractivity contribution >= 4 is 23.4 Å². The Hall–Kier alpha value is -3.71. The Morgan fingerprint density at radius 1 is 0.683 bits per heavy atom. The van der Waals surface area contributed by atoms with Crippen molar-refractivity contribution in [2.24, 2.45) is 0 Å². The third-order valence-corrected chi connectivity index (χ3v) is 7.25. The molecule has 0 unspecified atom stereocenters. The van der Waals surface area contributed by atoms with Gasteiger partial charge < -0.3 is 24.8 Å². The quantitative estimate of drug-likeness (QED) is 0.199. The molecule has 8 heteroatoms. The average molecular weight is 581 g/mol.